The van der Waals surface area contributed by atoms with Gasteiger partial charge in [-0.2, -0.15) is 0 Å². The molecule has 0 unspecified atom stereocenters. The van der Waals surface area contributed by atoms with Crippen LogP contribution < -0.4 is 5.32 Å². The first-order chi connectivity index (χ1) is 11.1. The minimum absolute atomic E-state index is 0.0121. The Hall–Kier alpha value is -2.14. The minimum Gasteiger partial charge on any atom is -0.350 e. The van der Waals surface area contributed by atoms with Crippen LogP contribution in [0.1, 0.15) is 28.9 Å². The van der Waals surface area contributed by atoms with Gasteiger partial charge in [-0.3, -0.25) is 4.79 Å². The third-order valence-corrected chi connectivity index (χ3v) is 4.86. The lowest BCUT2D eigenvalue weighted by Gasteiger charge is -2.41. The first kappa shape index (κ1) is 15.7. The van der Waals surface area contributed by atoms with Crippen LogP contribution in [0.15, 0.2) is 42.9 Å². The van der Waals surface area contributed by atoms with Crippen LogP contribution in [0, 0.1) is 0 Å². The van der Waals surface area contributed by atoms with Gasteiger partial charge in [0, 0.05) is 25.2 Å². The molecule has 0 spiro atoms. The highest BCUT2D eigenvalue weighted by Crippen LogP contribution is 2.34. The zero-order valence-electron chi connectivity index (χ0n) is 13.8. The van der Waals surface area contributed by atoms with Gasteiger partial charge in [-0.15, -0.1) is 0 Å². The molecule has 5 nitrogen and oxygen atoms in total. The highest BCUT2D eigenvalue weighted by Gasteiger charge is 2.35. The molecule has 1 fully saturated rings. The monoisotopic (exact) mass is 312 g/mol. The number of amides is 1. The molecule has 5 heteroatoms. The van der Waals surface area contributed by atoms with E-state index in [1.807, 2.05) is 13.1 Å². The van der Waals surface area contributed by atoms with Crippen LogP contribution in [-0.4, -0.2) is 47.0 Å². The van der Waals surface area contributed by atoms with Crippen molar-refractivity contribution in [2.75, 3.05) is 26.7 Å². The van der Waals surface area contributed by atoms with Crippen molar-refractivity contribution in [3.63, 3.8) is 0 Å². The molecule has 2 aromatic rings. The molecule has 0 atom stereocenters. The van der Waals surface area contributed by atoms with E-state index in [-0.39, 0.29) is 11.3 Å². The lowest BCUT2D eigenvalue weighted by atomic mass is 9.72. The van der Waals surface area contributed by atoms with E-state index < -0.39 is 0 Å². The number of benzene rings is 1. The van der Waals surface area contributed by atoms with E-state index in [1.54, 1.807) is 17.1 Å². The predicted octanol–water partition coefficient (Wildman–Crippen LogP) is 1.81. The van der Waals surface area contributed by atoms with Gasteiger partial charge in [0.05, 0.1) is 6.33 Å². The quantitative estimate of drug-likeness (QED) is 0.937. The summed E-state index contributed by atoms with van der Waals surface area (Å²) >= 11 is 0. The van der Waals surface area contributed by atoms with Crippen molar-refractivity contribution in [1.82, 2.24) is 19.8 Å². The molecule has 0 radical (unpaired) electrons. The maximum atomic E-state index is 12.3. The second kappa shape index (κ2) is 6.54. The summed E-state index contributed by atoms with van der Waals surface area (Å²) in [6.07, 6.45) is 5.50. The fourth-order valence-corrected chi connectivity index (χ4v) is 3.28. The summed E-state index contributed by atoms with van der Waals surface area (Å²) in [6.45, 7) is 2.75. The number of nitrogens with zero attached hydrogens (tertiary/aromatic N) is 3. The van der Waals surface area contributed by atoms with Crippen molar-refractivity contribution in [2.24, 2.45) is 7.05 Å². The fraction of sp³-hybridized carbons (Fsp3) is 0.444. The standard InChI is InChI=1S/C18H24N4O/c1-21-10-8-18(9-11-21,15-6-4-3-5-7-15)13-19-17(23)16-12-22(2)14-20-16/h3-7,12,14H,8-11,13H2,1-2H3,(H,19,23). The number of rotatable bonds is 4. The first-order valence-corrected chi connectivity index (χ1v) is 8.09. The molecule has 1 aromatic heterocycles. The number of nitrogens with one attached hydrogen (secondary N) is 1. The Kier molecular flexibility index (Phi) is 4.48. The van der Waals surface area contributed by atoms with Crippen LogP contribution in [0.2, 0.25) is 0 Å². The molecule has 0 aliphatic carbocycles. The Balaban J connectivity index is 1.76. The van der Waals surface area contributed by atoms with Crippen molar-refractivity contribution in [3.05, 3.63) is 54.1 Å². The van der Waals surface area contributed by atoms with Gasteiger partial charge >= 0.3 is 0 Å². The van der Waals surface area contributed by atoms with Gasteiger partial charge in [0.25, 0.3) is 5.91 Å². The molecule has 3 rings (SSSR count). The maximum absolute atomic E-state index is 12.3. The molecule has 0 bridgehead atoms. The van der Waals surface area contributed by atoms with E-state index in [0.29, 0.717) is 12.2 Å². The first-order valence-electron chi connectivity index (χ1n) is 8.09. The third kappa shape index (κ3) is 3.45. The Morgan fingerprint density at radius 1 is 1.22 bits per heavy atom. The summed E-state index contributed by atoms with van der Waals surface area (Å²) in [7, 11) is 4.02. The van der Waals surface area contributed by atoms with Crippen molar-refractivity contribution in [2.45, 2.75) is 18.3 Å². The summed E-state index contributed by atoms with van der Waals surface area (Å²) < 4.78 is 1.79. The summed E-state index contributed by atoms with van der Waals surface area (Å²) in [5, 5.41) is 3.10. The van der Waals surface area contributed by atoms with Crippen LogP contribution in [0.25, 0.3) is 0 Å². The van der Waals surface area contributed by atoms with E-state index in [0.717, 1.165) is 25.9 Å². The Bertz CT molecular complexity index is 657. The number of carbonyl (C=O) groups excluding carboxylic acids is 1. The van der Waals surface area contributed by atoms with E-state index in [1.165, 1.54) is 5.56 Å². The topological polar surface area (TPSA) is 50.2 Å². The molecule has 122 valence electrons. The number of carbonyl (C=O) groups is 1. The highest BCUT2D eigenvalue weighted by atomic mass is 16.1. The Morgan fingerprint density at radius 3 is 2.52 bits per heavy atom. The van der Waals surface area contributed by atoms with E-state index >= 15 is 0 Å². The molecular weight excluding hydrogens is 288 g/mol. The molecule has 1 N–H and O–H groups in total. The second-order valence-corrected chi connectivity index (χ2v) is 6.56. The van der Waals surface area contributed by atoms with Crippen LogP contribution in [0.4, 0.5) is 0 Å². The second-order valence-electron chi connectivity index (χ2n) is 6.56. The average Bonchev–Trinajstić information content (AvgIpc) is 3.02. The lowest BCUT2D eigenvalue weighted by molar-refractivity contribution is 0.0923. The number of aryl methyl sites for hydroxylation is 1. The molecule has 1 aliphatic rings. The van der Waals surface area contributed by atoms with Crippen molar-refractivity contribution in [1.29, 1.82) is 0 Å². The highest BCUT2D eigenvalue weighted by molar-refractivity contribution is 5.92. The Morgan fingerprint density at radius 2 is 1.91 bits per heavy atom. The third-order valence-electron chi connectivity index (χ3n) is 4.86. The van der Waals surface area contributed by atoms with Crippen molar-refractivity contribution in [3.8, 4) is 0 Å². The van der Waals surface area contributed by atoms with E-state index in [4.69, 9.17) is 0 Å². The molecule has 1 aromatic carbocycles. The summed E-state index contributed by atoms with van der Waals surface area (Å²) in [6, 6.07) is 10.6. The number of hydrogen-bond donors (Lipinski definition) is 1. The summed E-state index contributed by atoms with van der Waals surface area (Å²) in [5.74, 6) is -0.0974. The number of piperidine rings is 1. The van der Waals surface area contributed by atoms with E-state index in [2.05, 4.69) is 46.5 Å². The van der Waals surface area contributed by atoms with Crippen molar-refractivity contribution < 1.29 is 4.79 Å². The average molecular weight is 312 g/mol. The van der Waals surface area contributed by atoms with Gasteiger partial charge in [-0.05, 0) is 38.5 Å². The van der Waals surface area contributed by atoms with Gasteiger partial charge < -0.3 is 14.8 Å². The number of aromatic nitrogens is 2. The number of imidazole rings is 1. The largest absolute Gasteiger partial charge is 0.350 e. The van der Waals surface area contributed by atoms with Gasteiger partial charge in [0.1, 0.15) is 5.69 Å². The molecule has 1 saturated heterocycles. The molecule has 2 heterocycles. The van der Waals surface area contributed by atoms with Gasteiger partial charge in [-0.1, -0.05) is 30.3 Å². The smallest absolute Gasteiger partial charge is 0.271 e. The maximum Gasteiger partial charge on any atom is 0.271 e. The van der Waals surface area contributed by atoms with Gasteiger partial charge in [0.15, 0.2) is 0 Å². The number of hydrogen-bond acceptors (Lipinski definition) is 3. The van der Waals surface area contributed by atoms with Crippen LogP contribution >= 0.6 is 0 Å². The number of likely N-dealkylation sites (tertiary alicyclic amines) is 1. The van der Waals surface area contributed by atoms with Crippen LogP contribution in [-0.2, 0) is 12.5 Å². The fourth-order valence-electron chi connectivity index (χ4n) is 3.28. The molecule has 23 heavy (non-hydrogen) atoms. The minimum atomic E-state index is -0.0974. The van der Waals surface area contributed by atoms with Crippen LogP contribution in [0.3, 0.4) is 0 Å². The summed E-state index contributed by atoms with van der Waals surface area (Å²) in [4.78, 5) is 18.8. The molecular formula is C18H24N4O. The molecule has 1 amide bonds. The summed E-state index contributed by atoms with van der Waals surface area (Å²) in [5.41, 5.74) is 1.80. The molecule has 1 aliphatic heterocycles. The van der Waals surface area contributed by atoms with Crippen LogP contribution in [0.5, 0.6) is 0 Å². The Labute approximate surface area is 137 Å². The predicted molar refractivity (Wildman–Crippen MR) is 90.4 cm³/mol. The van der Waals surface area contributed by atoms with Crippen molar-refractivity contribution >= 4 is 5.91 Å². The lowest BCUT2D eigenvalue weighted by Crippen LogP contribution is -2.48. The zero-order chi connectivity index (χ0) is 16.3. The normalized spacial score (nSPS) is 17.8. The molecule has 0 saturated carbocycles. The SMILES string of the molecule is CN1CCC(CNC(=O)c2cn(C)cn2)(c2ccccc2)CC1. The van der Waals surface area contributed by atoms with E-state index in [9.17, 15) is 4.79 Å². The zero-order valence-corrected chi connectivity index (χ0v) is 13.8. The van der Waals surface area contributed by atoms with Gasteiger partial charge in [0.2, 0.25) is 0 Å². The van der Waals surface area contributed by atoms with Gasteiger partial charge in [-0.25, -0.2) is 4.98 Å².